The van der Waals surface area contributed by atoms with Crippen molar-refractivity contribution in [1.82, 2.24) is 10.2 Å². The highest BCUT2D eigenvalue weighted by Crippen LogP contribution is 2.35. The zero-order valence-corrected chi connectivity index (χ0v) is 13.7. The Morgan fingerprint density at radius 2 is 1.91 bits per heavy atom. The first-order valence-corrected chi connectivity index (χ1v) is 8.31. The maximum atomic E-state index is 12.3. The molecule has 1 fully saturated rings. The van der Waals surface area contributed by atoms with E-state index in [4.69, 9.17) is 5.11 Å². The summed E-state index contributed by atoms with van der Waals surface area (Å²) in [6.07, 6.45) is 4.79. The highest BCUT2D eigenvalue weighted by atomic mass is 16.4. The van der Waals surface area contributed by atoms with Gasteiger partial charge in [-0.2, -0.15) is 0 Å². The van der Waals surface area contributed by atoms with E-state index in [0.717, 1.165) is 18.4 Å². The van der Waals surface area contributed by atoms with Gasteiger partial charge in [0.15, 0.2) is 0 Å². The molecular weight excluding hydrogens is 292 g/mol. The second-order valence-electron chi connectivity index (χ2n) is 6.38. The first kappa shape index (κ1) is 17.5. The lowest BCUT2D eigenvalue weighted by molar-refractivity contribution is -0.137. The van der Waals surface area contributed by atoms with E-state index >= 15 is 0 Å². The molecule has 1 amide bonds. The number of nitrogens with zero attached hydrogens (tertiary/aromatic N) is 1. The van der Waals surface area contributed by atoms with Gasteiger partial charge in [-0.25, -0.2) is 0 Å². The van der Waals surface area contributed by atoms with Crippen LogP contribution in [0, 0.1) is 5.92 Å². The molecular formula is C18H26N2O3. The molecule has 1 aliphatic rings. The highest BCUT2D eigenvalue weighted by molar-refractivity contribution is 5.78. The van der Waals surface area contributed by atoms with Crippen LogP contribution in [0.2, 0.25) is 0 Å². The third kappa shape index (κ3) is 5.67. The molecule has 1 aromatic carbocycles. The third-order valence-corrected chi connectivity index (χ3v) is 4.47. The van der Waals surface area contributed by atoms with Gasteiger partial charge in [0.2, 0.25) is 5.91 Å². The lowest BCUT2D eigenvalue weighted by atomic mass is 9.91. The minimum atomic E-state index is -0.842. The number of rotatable bonds is 8. The lowest BCUT2D eigenvalue weighted by Crippen LogP contribution is -2.39. The molecule has 1 aliphatic carbocycles. The average molecular weight is 318 g/mol. The Labute approximate surface area is 137 Å². The number of benzene rings is 1. The molecule has 2 N–H and O–H groups in total. The molecule has 0 aromatic heterocycles. The summed E-state index contributed by atoms with van der Waals surface area (Å²) in [5.74, 6) is -0.394. The minimum absolute atomic E-state index is 0.0429. The Kier molecular flexibility index (Phi) is 6.59. The maximum Gasteiger partial charge on any atom is 0.304 e. The van der Waals surface area contributed by atoms with Gasteiger partial charge in [-0.1, -0.05) is 43.2 Å². The largest absolute Gasteiger partial charge is 0.481 e. The number of hydrogen-bond donors (Lipinski definition) is 2. The fraction of sp³-hybridized carbons (Fsp3) is 0.556. The molecule has 0 aliphatic heterocycles. The van der Waals surface area contributed by atoms with Crippen LogP contribution in [0.1, 0.15) is 43.7 Å². The van der Waals surface area contributed by atoms with Crippen molar-refractivity contribution in [2.45, 2.75) is 38.1 Å². The van der Waals surface area contributed by atoms with Crippen LogP contribution in [0.5, 0.6) is 0 Å². The number of carbonyl (C=O) groups is 2. The SMILES string of the molecule is CN(CCC(=O)O)CC(=O)NC(c1ccccc1)C1CCCC1. The molecule has 126 valence electrons. The smallest absolute Gasteiger partial charge is 0.304 e. The summed E-state index contributed by atoms with van der Waals surface area (Å²) < 4.78 is 0. The number of carboxylic acid groups (broad SMARTS) is 1. The molecule has 2 rings (SSSR count). The predicted molar refractivity (Wildman–Crippen MR) is 89.0 cm³/mol. The van der Waals surface area contributed by atoms with E-state index < -0.39 is 5.97 Å². The maximum absolute atomic E-state index is 12.3. The fourth-order valence-electron chi connectivity index (χ4n) is 3.25. The van der Waals surface area contributed by atoms with Crippen molar-refractivity contribution in [3.8, 4) is 0 Å². The summed E-state index contributed by atoms with van der Waals surface area (Å²) in [5.41, 5.74) is 1.15. The molecule has 0 heterocycles. The molecule has 5 heteroatoms. The standard InChI is InChI=1S/C18H26N2O3/c1-20(12-11-17(22)23)13-16(21)19-18(15-9-5-6-10-15)14-7-3-2-4-8-14/h2-4,7-8,15,18H,5-6,9-13H2,1H3,(H,19,21)(H,22,23). The highest BCUT2D eigenvalue weighted by Gasteiger charge is 2.27. The van der Waals surface area contributed by atoms with Gasteiger partial charge in [0.1, 0.15) is 0 Å². The van der Waals surface area contributed by atoms with Gasteiger partial charge in [-0.15, -0.1) is 0 Å². The number of aliphatic carboxylic acids is 1. The van der Waals surface area contributed by atoms with Crippen LogP contribution in [-0.2, 0) is 9.59 Å². The summed E-state index contributed by atoms with van der Waals surface area (Å²) in [6.45, 7) is 0.603. The second-order valence-corrected chi connectivity index (χ2v) is 6.38. The van der Waals surface area contributed by atoms with Crippen molar-refractivity contribution in [1.29, 1.82) is 0 Å². The summed E-state index contributed by atoms with van der Waals surface area (Å²) in [4.78, 5) is 24.7. The monoisotopic (exact) mass is 318 g/mol. The Hall–Kier alpha value is -1.88. The van der Waals surface area contributed by atoms with Crippen molar-refractivity contribution in [2.75, 3.05) is 20.1 Å². The van der Waals surface area contributed by atoms with E-state index in [0.29, 0.717) is 12.5 Å². The normalized spacial score (nSPS) is 16.4. The predicted octanol–water partition coefficient (Wildman–Crippen LogP) is 2.44. The number of carboxylic acids is 1. The molecule has 1 aromatic rings. The van der Waals surface area contributed by atoms with Crippen molar-refractivity contribution < 1.29 is 14.7 Å². The number of carbonyl (C=O) groups excluding carboxylic acids is 1. The summed E-state index contributed by atoms with van der Waals surface area (Å²) in [6, 6.07) is 10.2. The van der Waals surface area contributed by atoms with Gasteiger partial charge in [0, 0.05) is 6.54 Å². The van der Waals surface area contributed by atoms with Crippen LogP contribution in [-0.4, -0.2) is 42.0 Å². The molecule has 0 saturated heterocycles. The van der Waals surface area contributed by atoms with Crippen molar-refractivity contribution in [3.05, 3.63) is 35.9 Å². The molecule has 1 atom stereocenters. The van der Waals surface area contributed by atoms with Crippen LogP contribution >= 0.6 is 0 Å². The number of likely N-dealkylation sites (N-methyl/N-ethyl adjacent to an activating group) is 1. The summed E-state index contributed by atoms with van der Waals surface area (Å²) in [7, 11) is 1.77. The Morgan fingerprint density at radius 1 is 1.26 bits per heavy atom. The third-order valence-electron chi connectivity index (χ3n) is 4.47. The molecule has 0 spiro atoms. The first-order valence-electron chi connectivity index (χ1n) is 8.31. The van der Waals surface area contributed by atoms with Gasteiger partial charge in [0.05, 0.1) is 19.0 Å². The zero-order valence-electron chi connectivity index (χ0n) is 13.7. The van der Waals surface area contributed by atoms with E-state index in [1.54, 1.807) is 11.9 Å². The van der Waals surface area contributed by atoms with E-state index in [9.17, 15) is 9.59 Å². The Morgan fingerprint density at radius 3 is 2.52 bits per heavy atom. The minimum Gasteiger partial charge on any atom is -0.481 e. The van der Waals surface area contributed by atoms with Gasteiger partial charge < -0.3 is 10.4 Å². The zero-order chi connectivity index (χ0) is 16.7. The van der Waals surface area contributed by atoms with Gasteiger partial charge >= 0.3 is 5.97 Å². The van der Waals surface area contributed by atoms with E-state index in [1.807, 2.05) is 18.2 Å². The number of amides is 1. The fourth-order valence-corrected chi connectivity index (χ4v) is 3.25. The first-order chi connectivity index (χ1) is 11.1. The Balaban J connectivity index is 1.94. The summed E-state index contributed by atoms with van der Waals surface area (Å²) >= 11 is 0. The number of hydrogen-bond acceptors (Lipinski definition) is 3. The van der Waals surface area contributed by atoms with Crippen molar-refractivity contribution >= 4 is 11.9 Å². The van der Waals surface area contributed by atoms with E-state index in [-0.39, 0.29) is 24.9 Å². The van der Waals surface area contributed by atoms with Gasteiger partial charge in [0.25, 0.3) is 0 Å². The van der Waals surface area contributed by atoms with Gasteiger partial charge in [-0.05, 0) is 31.4 Å². The lowest BCUT2D eigenvalue weighted by Gasteiger charge is -2.26. The van der Waals surface area contributed by atoms with Crippen LogP contribution in [0.3, 0.4) is 0 Å². The van der Waals surface area contributed by atoms with Crippen LogP contribution in [0.4, 0.5) is 0 Å². The molecule has 1 unspecified atom stereocenters. The molecule has 0 bridgehead atoms. The second kappa shape index (κ2) is 8.67. The molecule has 5 nitrogen and oxygen atoms in total. The van der Waals surface area contributed by atoms with E-state index in [1.165, 1.54) is 12.8 Å². The molecule has 0 radical (unpaired) electrons. The number of nitrogens with one attached hydrogen (secondary N) is 1. The Bertz CT molecular complexity index is 512. The van der Waals surface area contributed by atoms with E-state index in [2.05, 4.69) is 17.4 Å². The van der Waals surface area contributed by atoms with Crippen LogP contribution in [0.15, 0.2) is 30.3 Å². The van der Waals surface area contributed by atoms with Crippen LogP contribution < -0.4 is 5.32 Å². The quantitative estimate of drug-likeness (QED) is 0.772. The summed E-state index contributed by atoms with van der Waals surface area (Å²) in [5, 5.41) is 11.9. The molecule has 23 heavy (non-hydrogen) atoms. The average Bonchev–Trinajstić information content (AvgIpc) is 3.05. The topological polar surface area (TPSA) is 69.6 Å². The van der Waals surface area contributed by atoms with Crippen LogP contribution in [0.25, 0.3) is 0 Å². The molecule has 1 saturated carbocycles. The van der Waals surface area contributed by atoms with Gasteiger partial charge in [-0.3, -0.25) is 14.5 Å². The van der Waals surface area contributed by atoms with Crippen molar-refractivity contribution in [3.63, 3.8) is 0 Å². The van der Waals surface area contributed by atoms with Crippen molar-refractivity contribution in [2.24, 2.45) is 5.92 Å².